The molecule has 0 spiro atoms. The fourth-order valence-electron chi connectivity index (χ4n) is 1.66. The van der Waals surface area contributed by atoms with Gasteiger partial charge < -0.3 is 4.98 Å². The Kier molecular flexibility index (Phi) is 5.04. The summed E-state index contributed by atoms with van der Waals surface area (Å²) in [6.45, 7) is 6.59. The second-order valence-corrected chi connectivity index (χ2v) is 8.43. The van der Waals surface area contributed by atoms with Crippen molar-refractivity contribution in [2.45, 2.75) is 31.3 Å². The number of benzene rings is 1. The van der Waals surface area contributed by atoms with Crippen molar-refractivity contribution in [2.24, 2.45) is 0 Å². The lowest BCUT2D eigenvalue weighted by Crippen LogP contribution is -2.09. The molecule has 0 aliphatic rings. The SMILES string of the molecule is CC(C)(C)SCc1nc(=S)c(Br)c(-c2ccccc2)[nH]1. The molecule has 0 radical (unpaired) electrons. The summed E-state index contributed by atoms with van der Waals surface area (Å²) in [6.07, 6.45) is 0. The van der Waals surface area contributed by atoms with Crippen molar-refractivity contribution >= 4 is 39.9 Å². The molecule has 0 unspecified atom stereocenters. The molecular formula is C15H17BrN2S2. The van der Waals surface area contributed by atoms with Crippen LogP contribution >= 0.6 is 39.9 Å². The number of H-pyrrole nitrogens is 1. The number of rotatable bonds is 3. The van der Waals surface area contributed by atoms with E-state index in [0.29, 0.717) is 4.64 Å². The zero-order chi connectivity index (χ0) is 14.8. The summed E-state index contributed by atoms with van der Waals surface area (Å²) in [4.78, 5) is 7.85. The van der Waals surface area contributed by atoms with Gasteiger partial charge in [0.25, 0.3) is 0 Å². The highest BCUT2D eigenvalue weighted by molar-refractivity contribution is 9.10. The summed E-state index contributed by atoms with van der Waals surface area (Å²) in [7, 11) is 0. The molecule has 2 rings (SSSR count). The molecule has 2 nitrogen and oxygen atoms in total. The molecule has 1 aromatic carbocycles. The van der Waals surface area contributed by atoms with Gasteiger partial charge in [0.05, 0.1) is 15.9 Å². The number of hydrogen-bond acceptors (Lipinski definition) is 3. The largest absolute Gasteiger partial charge is 0.342 e. The Morgan fingerprint density at radius 1 is 1.25 bits per heavy atom. The molecule has 0 atom stereocenters. The van der Waals surface area contributed by atoms with Crippen LogP contribution in [0.3, 0.4) is 0 Å². The van der Waals surface area contributed by atoms with E-state index in [2.05, 4.69) is 58.8 Å². The van der Waals surface area contributed by atoms with Crippen LogP contribution in [0, 0.1) is 4.64 Å². The van der Waals surface area contributed by atoms with E-state index in [-0.39, 0.29) is 4.75 Å². The molecular weight excluding hydrogens is 352 g/mol. The van der Waals surface area contributed by atoms with E-state index >= 15 is 0 Å². The first-order chi connectivity index (χ1) is 9.37. The molecule has 0 bridgehead atoms. The van der Waals surface area contributed by atoms with Gasteiger partial charge in [-0.05, 0) is 21.5 Å². The van der Waals surface area contributed by atoms with Crippen LogP contribution in [0.5, 0.6) is 0 Å². The van der Waals surface area contributed by atoms with Crippen molar-refractivity contribution in [3.8, 4) is 11.3 Å². The third-order valence-electron chi connectivity index (χ3n) is 2.62. The highest BCUT2D eigenvalue weighted by Crippen LogP contribution is 2.30. The monoisotopic (exact) mass is 368 g/mol. The number of halogens is 1. The number of thioether (sulfide) groups is 1. The minimum Gasteiger partial charge on any atom is -0.342 e. The molecule has 0 saturated heterocycles. The quantitative estimate of drug-likeness (QED) is 0.714. The van der Waals surface area contributed by atoms with Gasteiger partial charge in [-0.2, -0.15) is 0 Å². The van der Waals surface area contributed by atoms with Gasteiger partial charge in [0.15, 0.2) is 0 Å². The maximum Gasteiger partial charge on any atom is 0.144 e. The lowest BCUT2D eigenvalue weighted by atomic mass is 10.1. The zero-order valence-corrected chi connectivity index (χ0v) is 15.0. The second-order valence-electron chi connectivity index (χ2n) is 5.44. The van der Waals surface area contributed by atoms with E-state index < -0.39 is 0 Å². The van der Waals surface area contributed by atoms with Crippen molar-refractivity contribution in [1.82, 2.24) is 9.97 Å². The van der Waals surface area contributed by atoms with Crippen LogP contribution in [-0.2, 0) is 5.75 Å². The first-order valence-corrected chi connectivity index (χ1v) is 8.53. The fourth-order valence-corrected chi connectivity index (χ4v) is 3.00. The van der Waals surface area contributed by atoms with E-state index in [0.717, 1.165) is 27.3 Å². The van der Waals surface area contributed by atoms with E-state index in [9.17, 15) is 0 Å². The summed E-state index contributed by atoms with van der Waals surface area (Å²) in [6, 6.07) is 10.2. The van der Waals surface area contributed by atoms with Gasteiger partial charge in [0, 0.05) is 4.75 Å². The Hall–Kier alpha value is -0.650. The normalized spacial score (nSPS) is 11.6. The Morgan fingerprint density at radius 3 is 2.50 bits per heavy atom. The average molecular weight is 369 g/mol. The van der Waals surface area contributed by atoms with Gasteiger partial charge in [-0.15, -0.1) is 11.8 Å². The number of aromatic nitrogens is 2. The molecule has 106 valence electrons. The molecule has 5 heteroatoms. The van der Waals surface area contributed by atoms with Crippen molar-refractivity contribution in [2.75, 3.05) is 0 Å². The maximum absolute atomic E-state index is 5.35. The molecule has 0 saturated carbocycles. The van der Waals surface area contributed by atoms with Gasteiger partial charge in [0.1, 0.15) is 10.5 Å². The van der Waals surface area contributed by atoms with Crippen molar-refractivity contribution in [3.05, 3.63) is 45.3 Å². The Bertz CT molecular complexity index is 645. The van der Waals surface area contributed by atoms with Gasteiger partial charge in [-0.25, -0.2) is 4.98 Å². The number of nitrogens with one attached hydrogen (secondary N) is 1. The van der Waals surface area contributed by atoms with E-state index in [1.54, 1.807) is 0 Å². The van der Waals surface area contributed by atoms with Crippen LogP contribution < -0.4 is 0 Å². The molecule has 1 N–H and O–H groups in total. The van der Waals surface area contributed by atoms with E-state index in [1.165, 1.54) is 0 Å². The van der Waals surface area contributed by atoms with Gasteiger partial charge in [-0.1, -0.05) is 63.3 Å². The van der Waals surface area contributed by atoms with Gasteiger partial charge in [-0.3, -0.25) is 0 Å². The molecule has 0 aliphatic heterocycles. The van der Waals surface area contributed by atoms with Crippen LogP contribution in [-0.4, -0.2) is 14.7 Å². The number of aromatic amines is 1. The van der Waals surface area contributed by atoms with Crippen molar-refractivity contribution in [3.63, 3.8) is 0 Å². The first kappa shape index (κ1) is 15.7. The summed E-state index contributed by atoms with van der Waals surface area (Å²) in [5.41, 5.74) is 2.10. The van der Waals surface area contributed by atoms with Gasteiger partial charge in [0.2, 0.25) is 0 Å². The standard InChI is InChI=1S/C15H17BrN2S2/c1-15(2,3)20-9-11-17-13(12(16)14(19)18-11)10-7-5-4-6-8-10/h4-8H,9H2,1-3H3,(H,17,18,19). The Balaban J connectivity index is 2.38. The maximum atomic E-state index is 5.35. The topological polar surface area (TPSA) is 28.7 Å². The van der Waals surface area contributed by atoms with E-state index in [1.807, 2.05) is 30.0 Å². The lowest BCUT2D eigenvalue weighted by Gasteiger charge is -2.17. The Labute approximate surface area is 137 Å². The molecule has 1 heterocycles. The summed E-state index contributed by atoms with van der Waals surface area (Å²) >= 11 is 10.7. The van der Waals surface area contributed by atoms with Crippen LogP contribution in [0.4, 0.5) is 0 Å². The van der Waals surface area contributed by atoms with Crippen LogP contribution in [0.2, 0.25) is 0 Å². The minimum atomic E-state index is 0.205. The number of hydrogen-bond donors (Lipinski definition) is 1. The van der Waals surface area contributed by atoms with Crippen LogP contribution in [0.25, 0.3) is 11.3 Å². The van der Waals surface area contributed by atoms with Crippen LogP contribution in [0.1, 0.15) is 26.6 Å². The molecule has 20 heavy (non-hydrogen) atoms. The van der Waals surface area contributed by atoms with Crippen molar-refractivity contribution in [1.29, 1.82) is 0 Å². The predicted molar refractivity (Wildman–Crippen MR) is 93.6 cm³/mol. The summed E-state index contributed by atoms with van der Waals surface area (Å²) in [5, 5.41) is 0. The van der Waals surface area contributed by atoms with Crippen LogP contribution in [0.15, 0.2) is 34.8 Å². The molecule has 0 aliphatic carbocycles. The fraction of sp³-hybridized carbons (Fsp3) is 0.333. The molecule has 2 aromatic rings. The first-order valence-electron chi connectivity index (χ1n) is 6.35. The highest BCUT2D eigenvalue weighted by Gasteiger charge is 2.13. The third kappa shape index (κ3) is 4.17. The summed E-state index contributed by atoms with van der Waals surface area (Å²) in [5.74, 6) is 1.73. The highest BCUT2D eigenvalue weighted by atomic mass is 79.9. The Morgan fingerprint density at radius 2 is 1.90 bits per heavy atom. The van der Waals surface area contributed by atoms with E-state index in [4.69, 9.17) is 12.2 Å². The zero-order valence-electron chi connectivity index (χ0n) is 11.7. The smallest absolute Gasteiger partial charge is 0.144 e. The predicted octanol–water partition coefficient (Wildman–Crippen LogP) is 5.60. The third-order valence-corrected chi connectivity index (χ3v) is 5.23. The molecule has 0 fully saturated rings. The lowest BCUT2D eigenvalue weighted by molar-refractivity contribution is 0.800. The second kappa shape index (κ2) is 6.41. The molecule has 1 aromatic heterocycles. The molecule has 0 amide bonds. The average Bonchev–Trinajstić information content (AvgIpc) is 2.40. The summed E-state index contributed by atoms with van der Waals surface area (Å²) < 4.78 is 1.66. The van der Waals surface area contributed by atoms with Crippen molar-refractivity contribution < 1.29 is 0 Å². The number of nitrogens with zero attached hydrogens (tertiary/aromatic N) is 1. The van der Waals surface area contributed by atoms with Gasteiger partial charge >= 0.3 is 0 Å². The minimum absolute atomic E-state index is 0.205.